The van der Waals surface area contributed by atoms with Crippen molar-refractivity contribution in [3.05, 3.63) is 29.8 Å². The molecule has 33 heavy (non-hydrogen) atoms. The van der Waals surface area contributed by atoms with Crippen molar-refractivity contribution in [3.8, 4) is 0 Å². The first kappa shape index (κ1) is 23.7. The number of nitrogens with one attached hydrogen (secondary N) is 2. The first-order valence-corrected chi connectivity index (χ1v) is 12.8. The molecule has 2 N–H and O–H groups in total. The predicted molar refractivity (Wildman–Crippen MR) is 129 cm³/mol. The summed E-state index contributed by atoms with van der Waals surface area (Å²) in [4.78, 5) is 42.5. The fourth-order valence-corrected chi connectivity index (χ4v) is 5.40. The van der Waals surface area contributed by atoms with Gasteiger partial charge in [0.2, 0.25) is 11.8 Å². The summed E-state index contributed by atoms with van der Waals surface area (Å²) in [5, 5.41) is 6.04. The fraction of sp³-hybridized carbons (Fsp3) is 0.654. The zero-order valence-electron chi connectivity index (χ0n) is 19.7. The Morgan fingerprint density at radius 2 is 1.48 bits per heavy atom. The number of carbonyl (C=O) groups is 3. The number of amides is 3. The van der Waals surface area contributed by atoms with Crippen molar-refractivity contribution < 1.29 is 14.4 Å². The number of anilines is 1. The molecular weight excluding hydrogens is 416 g/mol. The summed E-state index contributed by atoms with van der Waals surface area (Å²) >= 11 is 0. The minimum absolute atomic E-state index is 0.0856. The molecule has 7 nitrogen and oxygen atoms in total. The van der Waals surface area contributed by atoms with Crippen LogP contribution in [0.4, 0.5) is 5.69 Å². The smallest absolute Gasteiger partial charge is 0.253 e. The SMILES string of the molecule is O=C(CN1CCC(C(=O)N2CCCCCC2)CC1)Nc1ccccc1C(=O)NC1CCCC1. The van der Waals surface area contributed by atoms with Crippen LogP contribution in [-0.4, -0.2) is 66.3 Å². The topological polar surface area (TPSA) is 81.8 Å². The molecule has 3 aliphatic rings. The summed E-state index contributed by atoms with van der Waals surface area (Å²) in [6.45, 7) is 3.58. The summed E-state index contributed by atoms with van der Waals surface area (Å²) in [6, 6.07) is 7.44. The highest BCUT2D eigenvalue weighted by atomic mass is 16.2. The molecule has 1 aliphatic carbocycles. The van der Waals surface area contributed by atoms with Crippen LogP contribution < -0.4 is 10.6 Å². The summed E-state index contributed by atoms with van der Waals surface area (Å²) in [7, 11) is 0. The monoisotopic (exact) mass is 454 g/mol. The molecule has 0 radical (unpaired) electrons. The number of para-hydroxylation sites is 1. The molecular formula is C26H38N4O3. The molecule has 7 heteroatoms. The van der Waals surface area contributed by atoms with Gasteiger partial charge in [0.1, 0.15) is 0 Å². The van der Waals surface area contributed by atoms with E-state index in [-0.39, 0.29) is 30.3 Å². The Morgan fingerprint density at radius 3 is 2.18 bits per heavy atom. The Bertz CT molecular complexity index is 821. The third kappa shape index (κ3) is 6.56. The van der Waals surface area contributed by atoms with Gasteiger partial charge in [0, 0.05) is 25.0 Å². The van der Waals surface area contributed by atoms with Crippen LogP contribution >= 0.6 is 0 Å². The van der Waals surface area contributed by atoms with Crippen molar-refractivity contribution in [2.45, 2.75) is 70.3 Å². The average Bonchev–Trinajstić information content (AvgIpc) is 3.18. The van der Waals surface area contributed by atoms with E-state index in [9.17, 15) is 14.4 Å². The van der Waals surface area contributed by atoms with E-state index in [0.717, 1.165) is 77.5 Å². The van der Waals surface area contributed by atoms with Crippen molar-refractivity contribution in [2.75, 3.05) is 38.0 Å². The Labute approximate surface area is 197 Å². The van der Waals surface area contributed by atoms with Crippen molar-refractivity contribution in [3.63, 3.8) is 0 Å². The van der Waals surface area contributed by atoms with Crippen LogP contribution in [0.2, 0.25) is 0 Å². The number of benzene rings is 1. The van der Waals surface area contributed by atoms with Gasteiger partial charge in [0.05, 0.1) is 17.8 Å². The lowest BCUT2D eigenvalue weighted by Gasteiger charge is -2.33. The van der Waals surface area contributed by atoms with Gasteiger partial charge in [-0.2, -0.15) is 0 Å². The fourth-order valence-electron chi connectivity index (χ4n) is 5.40. The number of piperidine rings is 1. The van der Waals surface area contributed by atoms with Gasteiger partial charge in [0.25, 0.3) is 5.91 Å². The van der Waals surface area contributed by atoms with E-state index in [0.29, 0.717) is 17.2 Å². The zero-order chi connectivity index (χ0) is 23.0. The van der Waals surface area contributed by atoms with Gasteiger partial charge in [-0.3, -0.25) is 19.3 Å². The standard InChI is InChI=1S/C26H38N4O3/c31-24(28-23-12-6-5-11-22(23)25(32)27-21-9-3-4-10-21)19-29-17-13-20(14-18-29)26(33)30-15-7-1-2-8-16-30/h5-6,11-12,20-21H,1-4,7-10,13-19H2,(H,27,32)(H,28,31). The normalized spacial score (nSPS) is 20.9. The molecule has 0 bridgehead atoms. The van der Waals surface area contributed by atoms with Gasteiger partial charge in [-0.05, 0) is 63.7 Å². The quantitative estimate of drug-likeness (QED) is 0.690. The molecule has 1 aromatic rings. The number of carbonyl (C=O) groups excluding carboxylic acids is 3. The molecule has 2 saturated heterocycles. The van der Waals surface area contributed by atoms with Crippen LogP contribution in [0.25, 0.3) is 0 Å². The second-order valence-corrected chi connectivity index (χ2v) is 9.84. The van der Waals surface area contributed by atoms with E-state index >= 15 is 0 Å². The van der Waals surface area contributed by atoms with Gasteiger partial charge in [-0.25, -0.2) is 0 Å². The van der Waals surface area contributed by atoms with Gasteiger partial charge in [-0.15, -0.1) is 0 Å². The minimum atomic E-state index is -0.120. The van der Waals surface area contributed by atoms with Gasteiger partial charge < -0.3 is 15.5 Å². The number of hydrogen-bond acceptors (Lipinski definition) is 4. The van der Waals surface area contributed by atoms with E-state index in [2.05, 4.69) is 20.4 Å². The third-order valence-electron chi connectivity index (χ3n) is 7.36. The highest BCUT2D eigenvalue weighted by molar-refractivity contribution is 6.04. The lowest BCUT2D eigenvalue weighted by atomic mass is 9.95. The van der Waals surface area contributed by atoms with Crippen LogP contribution in [0.1, 0.15) is 74.6 Å². The van der Waals surface area contributed by atoms with Crippen LogP contribution in [-0.2, 0) is 9.59 Å². The van der Waals surface area contributed by atoms with E-state index in [1.165, 1.54) is 12.8 Å². The highest BCUT2D eigenvalue weighted by Crippen LogP contribution is 2.23. The first-order chi connectivity index (χ1) is 16.1. The molecule has 0 aromatic heterocycles. The maximum Gasteiger partial charge on any atom is 0.253 e. The second kappa shape index (κ2) is 11.6. The Morgan fingerprint density at radius 1 is 0.818 bits per heavy atom. The van der Waals surface area contributed by atoms with Crippen LogP contribution in [0.3, 0.4) is 0 Å². The largest absolute Gasteiger partial charge is 0.349 e. The Balaban J connectivity index is 1.25. The minimum Gasteiger partial charge on any atom is -0.349 e. The third-order valence-corrected chi connectivity index (χ3v) is 7.36. The molecule has 3 fully saturated rings. The van der Waals surface area contributed by atoms with E-state index in [1.807, 2.05) is 12.1 Å². The maximum atomic E-state index is 12.9. The highest BCUT2D eigenvalue weighted by Gasteiger charge is 2.29. The molecule has 2 aliphatic heterocycles. The Kier molecular flexibility index (Phi) is 8.37. The molecule has 1 saturated carbocycles. The molecule has 2 heterocycles. The molecule has 0 unspecified atom stereocenters. The van der Waals surface area contributed by atoms with E-state index < -0.39 is 0 Å². The summed E-state index contributed by atoms with van der Waals surface area (Å²) in [6.07, 6.45) is 10.7. The molecule has 4 rings (SSSR count). The molecule has 0 spiro atoms. The van der Waals surface area contributed by atoms with Gasteiger partial charge in [-0.1, -0.05) is 37.8 Å². The molecule has 0 atom stereocenters. The van der Waals surface area contributed by atoms with E-state index in [1.54, 1.807) is 12.1 Å². The average molecular weight is 455 g/mol. The zero-order valence-corrected chi connectivity index (χ0v) is 19.7. The molecule has 3 amide bonds. The summed E-state index contributed by atoms with van der Waals surface area (Å²) < 4.78 is 0. The van der Waals surface area contributed by atoms with Crippen LogP contribution in [0.15, 0.2) is 24.3 Å². The molecule has 1 aromatic carbocycles. The predicted octanol–water partition coefficient (Wildman–Crippen LogP) is 3.41. The Hall–Kier alpha value is -2.41. The van der Waals surface area contributed by atoms with Crippen molar-refractivity contribution >= 4 is 23.4 Å². The van der Waals surface area contributed by atoms with Gasteiger partial charge in [0.15, 0.2) is 0 Å². The maximum absolute atomic E-state index is 12.9. The van der Waals surface area contributed by atoms with E-state index in [4.69, 9.17) is 0 Å². The van der Waals surface area contributed by atoms with Crippen molar-refractivity contribution in [1.29, 1.82) is 0 Å². The number of rotatable bonds is 6. The van der Waals surface area contributed by atoms with Crippen molar-refractivity contribution in [2.24, 2.45) is 5.92 Å². The summed E-state index contributed by atoms with van der Waals surface area (Å²) in [5.41, 5.74) is 1.07. The number of nitrogens with zero attached hydrogens (tertiary/aromatic N) is 2. The van der Waals surface area contributed by atoms with Crippen LogP contribution in [0, 0.1) is 5.92 Å². The van der Waals surface area contributed by atoms with Crippen LogP contribution in [0.5, 0.6) is 0 Å². The van der Waals surface area contributed by atoms with Gasteiger partial charge >= 0.3 is 0 Å². The second-order valence-electron chi connectivity index (χ2n) is 9.84. The lowest BCUT2D eigenvalue weighted by Crippen LogP contribution is -2.44. The lowest BCUT2D eigenvalue weighted by molar-refractivity contribution is -0.137. The summed E-state index contributed by atoms with van der Waals surface area (Å²) in [5.74, 6) is 0.157. The number of hydrogen-bond donors (Lipinski definition) is 2. The number of likely N-dealkylation sites (tertiary alicyclic amines) is 2. The molecule has 180 valence electrons. The first-order valence-electron chi connectivity index (χ1n) is 12.8. The van der Waals surface area contributed by atoms with Crippen molar-refractivity contribution in [1.82, 2.24) is 15.1 Å².